The lowest BCUT2D eigenvalue weighted by molar-refractivity contribution is -0.116. The van der Waals surface area contributed by atoms with Gasteiger partial charge in [-0.15, -0.1) is 0 Å². The second-order valence-corrected chi connectivity index (χ2v) is 6.26. The third-order valence-corrected chi connectivity index (χ3v) is 4.59. The molecular formula is C18H24N4O2. The third kappa shape index (κ3) is 3.14. The maximum absolute atomic E-state index is 11.5. The fourth-order valence-electron chi connectivity index (χ4n) is 3.19. The van der Waals surface area contributed by atoms with Gasteiger partial charge in [0.15, 0.2) is 0 Å². The molecule has 6 heteroatoms. The van der Waals surface area contributed by atoms with Crippen LogP contribution in [0.3, 0.4) is 0 Å². The van der Waals surface area contributed by atoms with Gasteiger partial charge in [-0.3, -0.25) is 4.79 Å². The standard InChI is InChI=1S/C18H24N4O2/c1-11(19-10-15-12(2)21-22(3)18(15)24-4)13-5-7-16-14(9-13)6-8-17(23)20-16/h5,7,9,11,19H,6,8,10H2,1-4H3,(H,20,23). The van der Waals surface area contributed by atoms with Crippen molar-refractivity contribution in [3.05, 3.63) is 40.6 Å². The van der Waals surface area contributed by atoms with Crippen LogP contribution in [-0.4, -0.2) is 22.8 Å². The Labute approximate surface area is 142 Å². The first kappa shape index (κ1) is 16.5. The summed E-state index contributed by atoms with van der Waals surface area (Å²) in [5.41, 5.74) is 5.41. The number of carbonyl (C=O) groups excluding carboxylic acids is 1. The van der Waals surface area contributed by atoms with Crippen LogP contribution in [0.15, 0.2) is 18.2 Å². The van der Waals surface area contributed by atoms with Gasteiger partial charge in [-0.25, -0.2) is 4.68 Å². The molecule has 0 aliphatic carbocycles. The number of anilines is 1. The average molecular weight is 328 g/mol. The van der Waals surface area contributed by atoms with E-state index >= 15 is 0 Å². The normalized spacial score (nSPS) is 14.9. The zero-order chi connectivity index (χ0) is 17.3. The van der Waals surface area contributed by atoms with Crippen molar-refractivity contribution in [2.45, 2.75) is 39.3 Å². The minimum absolute atomic E-state index is 0.0978. The number of fused-ring (bicyclic) bond motifs is 1. The van der Waals surface area contributed by atoms with Gasteiger partial charge in [-0.05, 0) is 37.5 Å². The lowest BCUT2D eigenvalue weighted by atomic mass is 9.97. The Morgan fingerprint density at radius 1 is 1.42 bits per heavy atom. The number of nitrogens with one attached hydrogen (secondary N) is 2. The highest BCUT2D eigenvalue weighted by Crippen LogP contribution is 2.27. The second-order valence-electron chi connectivity index (χ2n) is 6.26. The summed E-state index contributed by atoms with van der Waals surface area (Å²) in [6.07, 6.45) is 1.36. The van der Waals surface area contributed by atoms with E-state index in [1.54, 1.807) is 11.8 Å². The molecule has 1 unspecified atom stereocenters. The topological polar surface area (TPSA) is 68.2 Å². The monoisotopic (exact) mass is 328 g/mol. The Hall–Kier alpha value is -2.34. The van der Waals surface area contributed by atoms with Crippen LogP contribution in [0, 0.1) is 6.92 Å². The lowest BCUT2D eigenvalue weighted by Crippen LogP contribution is -2.21. The van der Waals surface area contributed by atoms with Gasteiger partial charge in [-0.2, -0.15) is 5.10 Å². The molecule has 0 spiro atoms. The van der Waals surface area contributed by atoms with Gasteiger partial charge in [-0.1, -0.05) is 12.1 Å². The van der Waals surface area contributed by atoms with Crippen molar-refractivity contribution in [2.24, 2.45) is 7.05 Å². The predicted molar refractivity (Wildman–Crippen MR) is 93.1 cm³/mol. The molecule has 0 saturated carbocycles. The molecule has 1 aromatic carbocycles. The summed E-state index contributed by atoms with van der Waals surface area (Å²) in [6.45, 7) is 4.82. The van der Waals surface area contributed by atoms with Gasteiger partial charge < -0.3 is 15.4 Å². The number of rotatable bonds is 5. The number of nitrogens with zero attached hydrogens (tertiary/aromatic N) is 2. The Morgan fingerprint density at radius 2 is 2.21 bits per heavy atom. The molecule has 1 aliphatic heterocycles. The van der Waals surface area contributed by atoms with E-state index < -0.39 is 0 Å². The Bertz CT molecular complexity index is 767. The van der Waals surface area contributed by atoms with Crippen LogP contribution in [0.2, 0.25) is 0 Å². The number of ether oxygens (including phenoxy) is 1. The minimum atomic E-state index is 0.0978. The van der Waals surface area contributed by atoms with E-state index in [1.165, 1.54) is 11.1 Å². The smallest absolute Gasteiger partial charge is 0.224 e. The maximum Gasteiger partial charge on any atom is 0.224 e. The van der Waals surface area contributed by atoms with E-state index in [0.717, 1.165) is 29.2 Å². The van der Waals surface area contributed by atoms with Crippen molar-refractivity contribution >= 4 is 11.6 Å². The number of hydrogen-bond acceptors (Lipinski definition) is 4. The number of hydrogen-bond donors (Lipinski definition) is 2. The highest BCUT2D eigenvalue weighted by Gasteiger charge is 2.18. The summed E-state index contributed by atoms with van der Waals surface area (Å²) in [5.74, 6) is 0.890. The Balaban J connectivity index is 1.72. The summed E-state index contributed by atoms with van der Waals surface area (Å²) in [5, 5.41) is 10.9. The molecule has 0 saturated heterocycles. The van der Waals surface area contributed by atoms with Crippen molar-refractivity contribution in [3.63, 3.8) is 0 Å². The van der Waals surface area contributed by atoms with Crippen LogP contribution in [-0.2, 0) is 24.8 Å². The molecule has 2 aromatic rings. The van der Waals surface area contributed by atoms with Crippen LogP contribution in [0.25, 0.3) is 0 Å². The first-order chi connectivity index (χ1) is 11.5. The lowest BCUT2D eigenvalue weighted by Gasteiger charge is -2.20. The van der Waals surface area contributed by atoms with E-state index in [4.69, 9.17) is 4.74 Å². The molecule has 2 heterocycles. The maximum atomic E-state index is 11.5. The number of carbonyl (C=O) groups is 1. The Kier molecular flexibility index (Phi) is 4.57. The van der Waals surface area contributed by atoms with Gasteiger partial charge in [0.2, 0.25) is 11.8 Å². The number of methoxy groups -OCH3 is 1. The molecule has 3 rings (SSSR count). The summed E-state index contributed by atoms with van der Waals surface area (Å²) < 4.78 is 7.20. The Morgan fingerprint density at radius 3 is 2.96 bits per heavy atom. The van der Waals surface area contributed by atoms with Crippen molar-refractivity contribution < 1.29 is 9.53 Å². The summed E-state index contributed by atoms with van der Waals surface area (Å²) in [4.78, 5) is 11.5. The van der Waals surface area contributed by atoms with Crippen LogP contribution in [0.1, 0.15) is 41.8 Å². The highest BCUT2D eigenvalue weighted by atomic mass is 16.5. The summed E-state index contributed by atoms with van der Waals surface area (Å²) in [6, 6.07) is 6.43. The van der Waals surface area contributed by atoms with Crippen molar-refractivity contribution in [1.29, 1.82) is 0 Å². The molecule has 1 aromatic heterocycles. The van der Waals surface area contributed by atoms with Crippen molar-refractivity contribution in [3.8, 4) is 5.88 Å². The summed E-state index contributed by atoms with van der Waals surface area (Å²) in [7, 11) is 3.55. The van der Waals surface area contributed by atoms with E-state index in [0.29, 0.717) is 13.0 Å². The number of aryl methyl sites for hydroxylation is 3. The van der Waals surface area contributed by atoms with E-state index in [1.807, 2.05) is 20.0 Å². The zero-order valence-electron chi connectivity index (χ0n) is 14.6. The predicted octanol–water partition coefficient (Wildman–Crippen LogP) is 2.47. The zero-order valence-corrected chi connectivity index (χ0v) is 14.6. The molecule has 0 bridgehead atoms. The molecule has 2 N–H and O–H groups in total. The van der Waals surface area contributed by atoms with E-state index in [-0.39, 0.29) is 11.9 Å². The average Bonchev–Trinajstić information content (AvgIpc) is 2.84. The van der Waals surface area contributed by atoms with Crippen molar-refractivity contribution in [1.82, 2.24) is 15.1 Å². The SMILES string of the molecule is COc1c(CNC(C)c2ccc3c(c2)CCC(=O)N3)c(C)nn1C. The van der Waals surface area contributed by atoms with Crippen molar-refractivity contribution in [2.75, 3.05) is 12.4 Å². The number of amides is 1. The van der Waals surface area contributed by atoms with Crippen LogP contribution >= 0.6 is 0 Å². The molecule has 1 amide bonds. The van der Waals surface area contributed by atoms with Gasteiger partial charge in [0.25, 0.3) is 0 Å². The molecule has 6 nitrogen and oxygen atoms in total. The van der Waals surface area contributed by atoms with E-state index in [2.05, 4.69) is 34.8 Å². The quantitative estimate of drug-likeness (QED) is 0.885. The largest absolute Gasteiger partial charge is 0.481 e. The first-order valence-corrected chi connectivity index (χ1v) is 8.22. The molecule has 0 radical (unpaired) electrons. The third-order valence-electron chi connectivity index (χ3n) is 4.59. The first-order valence-electron chi connectivity index (χ1n) is 8.22. The molecule has 0 fully saturated rings. The van der Waals surface area contributed by atoms with Gasteiger partial charge in [0.1, 0.15) is 0 Å². The van der Waals surface area contributed by atoms with Crippen LogP contribution in [0.5, 0.6) is 5.88 Å². The number of benzene rings is 1. The minimum Gasteiger partial charge on any atom is -0.481 e. The second kappa shape index (κ2) is 6.65. The van der Waals surface area contributed by atoms with Gasteiger partial charge in [0.05, 0.1) is 18.4 Å². The highest BCUT2D eigenvalue weighted by molar-refractivity contribution is 5.93. The van der Waals surface area contributed by atoms with E-state index in [9.17, 15) is 4.79 Å². The van der Waals surface area contributed by atoms with Crippen LogP contribution in [0.4, 0.5) is 5.69 Å². The fraction of sp³-hybridized carbons (Fsp3) is 0.444. The molecule has 1 atom stereocenters. The summed E-state index contributed by atoms with van der Waals surface area (Å²) >= 11 is 0. The molecular weight excluding hydrogens is 304 g/mol. The molecule has 1 aliphatic rings. The molecule has 24 heavy (non-hydrogen) atoms. The molecule has 128 valence electrons. The van der Waals surface area contributed by atoms with Gasteiger partial charge >= 0.3 is 0 Å². The van der Waals surface area contributed by atoms with Crippen LogP contribution < -0.4 is 15.4 Å². The number of aromatic nitrogens is 2. The fourth-order valence-corrected chi connectivity index (χ4v) is 3.19. The van der Waals surface area contributed by atoms with Gasteiger partial charge in [0, 0.05) is 31.7 Å².